The molecule has 0 bridgehead atoms. The average Bonchev–Trinajstić information content (AvgIpc) is 3.08. The maximum absolute atomic E-state index is 12.1. The Morgan fingerprint density at radius 2 is 1.95 bits per heavy atom. The second-order valence-corrected chi connectivity index (χ2v) is 7.49. The number of ether oxygens (including phenoxy) is 2. The van der Waals surface area contributed by atoms with Crippen LogP contribution < -0.4 is 10.1 Å². The Labute approximate surface area is 141 Å². The van der Waals surface area contributed by atoms with Crippen LogP contribution in [0.3, 0.4) is 0 Å². The molecule has 2 rings (SSSR count). The van der Waals surface area contributed by atoms with Crippen molar-refractivity contribution in [3.8, 4) is 5.75 Å². The van der Waals surface area contributed by atoms with Crippen LogP contribution in [0, 0.1) is 0 Å². The Kier molecular flexibility index (Phi) is 5.25. The maximum atomic E-state index is 12.1. The molecule has 0 spiro atoms. The van der Waals surface area contributed by atoms with Gasteiger partial charge in [0.1, 0.15) is 10.1 Å². The van der Waals surface area contributed by atoms with Gasteiger partial charge in [-0.2, -0.15) is 0 Å². The molecule has 1 aliphatic carbocycles. The maximum Gasteiger partial charge on any atom is 0.263 e. The van der Waals surface area contributed by atoms with Crippen molar-refractivity contribution in [1.82, 2.24) is 5.32 Å². The summed E-state index contributed by atoms with van der Waals surface area (Å²) in [6, 6.07) is 7.54. The molecule has 1 aliphatic rings. The third-order valence-corrected chi connectivity index (χ3v) is 4.46. The monoisotopic (exact) mass is 345 g/mol. The van der Waals surface area contributed by atoms with Gasteiger partial charge in [0, 0.05) is 19.6 Å². The number of methoxy groups -OCH3 is 1. The molecule has 1 N–H and O–H groups in total. The van der Waals surface area contributed by atoms with Crippen molar-refractivity contribution in [3.05, 3.63) is 29.8 Å². The van der Waals surface area contributed by atoms with Gasteiger partial charge in [-0.05, 0) is 38.0 Å². The van der Waals surface area contributed by atoms with Crippen LogP contribution in [0.1, 0.15) is 31.7 Å². The smallest absolute Gasteiger partial charge is 0.263 e. The predicted octanol–water partition coefficient (Wildman–Crippen LogP) is 3.27. The van der Waals surface area contributed by atoms with Crippen LogP contribution in [-0.2, 0) is 9.53 Å². The summed E-state index contributed by atoms with van der Waals surface area (Å²) in [4.78, 5) is 12.1. The summed E-state index contributed by atoms with van der Waals surface area (Å²) in [6.45, 7) is 4.38. The molecule has 0 aromatic heterocycles. The van der Waals surface area contributed by atoms with Crippen molar-refractivity contribution in [2.45, 2.75) is 36.1 Å². The van der Waals surface area contributed by atoms with E-state index in [0.717, 1.165) is 12.0 Å². The van der Waals surface area contributed by atoms with E-state index < -0.39 is 9.93 Å². The minimum atomic E-state index is -0.961. The number of hydrogen-bond acceptors (Lipinski definition) is 3. The topological polar surface area (TPSA) is 47.6 Å². The third-order valence-electron chi connectivity index (χ3n) is 3.62. The number of benzene rings is 1. The number of nitrogens with one attached hydrogen (secondary N) is 1. The Balaban J connectivity index is 1.93. The fourth-order valence-electron chi connectivity index (χ4n) is 2.16. The van der Waals surface area contributed by atoms with Gasteiger partial charge in [-0.1, -0.05) is 12.1 Å². The lowest BCUT2D eigenvalue weighted by Crippen LogP contribution is -2.47. The Hall–Kier alpha value is -0.970. The lowest BCUT2D eigenvalue weighted by molar-refractivity contribution is -0.134. The van der Waals surface area contributed by atoms with Gasteiger partial charge in [-0.3, -0.25) is 4.79 Å². The second-order valence-electron chi connectivity index (χ2n) is 5.95. The molecule has 6 heteroatoms. The first-order valence-electron chi connectivity index (χ1n) is 7.20. The summed E-state index contributed by atoms with van der Waals surface area (Å²) in [5.74, 6) is 0.623. The molecular formula is C16H21Cl2NO3. The average molecular weight is 346 g/mol. The summed E-state index contributed by atoms with van der Waals surface area (Å²) in [6.07, 6.45) is 0.768. The number of amides is 1. The molecule has 0 saturated heterocycles. The fraction of sp³-hybridized carbons (Fsp3) is 0.562. The molecule has 1 atom stereocenters. The van der Waals surface area contributed by atoms with E-state index in [1.54, 1.807) is 21.0 Å². The van der Waals surface area contributed by atoms with E-state index in [2.05, 4.69) is 5.32 Å². The van der Waals surface area contributed by atoms with E-state index in [1.165, 1.54) is 0 Å². The molecular weight excluding hydrogens is 325 g/mol. The first-order chi connectivity index (χ1) is 10.3. The molecule has 0 radical (unpaired) electrons. The zero-order valence-electron chi connectivity index (χ0n) is 13.0. The first kappa shape index (κ1) is 17.4. The normalized spacial score (nSPS) is 19.6. The highest BCUT2D eigenvalue weighted by Gasteiger charge is 2.52. The standard InChI is InChI=1S/C16H21Cl2NO3/c1-15(2,14(20)19-8-9-21-3)22-12-6-4-11(5-7-12)13-10-16(13,17)18/h4-7,13H,8-10H2,1-3H3,(H,19,20)/t13-/m1/s1. The van der Waals surface area contributed by atoms with Gasteiger partial charge in [0.15, 0.2) is 5.60 Å². The zero-order chi connectivity index (χ0) is 16.4. The minimum Gasteiger partial charge on any atom is -0.478 e. The van der Waals surface area contributed by atoms with E-state index in [4.69, 9.17) is 32.7 Å². The molecule has 0 unspecified atom stereocenters. The highest BCUT2D eigenvalue weighted by molar-refractivity contribution is 6.51. The molecule has 1 aromatic rings. The Morgan fingerprint density at radius 3 is 2.45 bits per heavy atom. The summed E-state index contributed by atoms with van der Waals surface area (Å²) in [5.41, 5.74) is 0.122. The first-order valence-corrected chi connectivity index (χ1v) is 7.96. The van der Waals surface area contributed by atoms with Crippen molar-refractivity contribution < 1.29 is 14.3 Å². The number of halogens is 2. The van der Waals surface area contributed by atoms with Crippen molar-refractivity contribution >= 4 is 29.1 Å². The van der Waals surface area contributed by atoms with Gasteiger partial charge in [-0.25, -0.2) is 0 Å². The van der Waals surface area contributed by atoms with Gasteiger partial charge in [-0.15, -0.1) is 23.2 Å². The summed E-state index contributed by atoms with van der Waals surface area (Å²) in [5, 5.41) is 2.77. The van der Waals surface area contributed by atoms with Crippen LogP contribution in [0.5, 0.6) is 5.75 Å². The summed E-state index contributed by atoms with van der Waals surface area (Å²) < 4.78 is 10.1. The number of carbonyl (C=O) groups excluding carboxylic acids is 1. The van der Waals surface area contributed by atoms with Crippen LogP contribution >= 0.6 is 23.2 Å². The third kappa shape index (κ3) is 4.28. The van der Waals surface area contributed by atoms with Crippen LogP contribution in [-0.4, -0.2) is 36.1 Å². The van der Waals surface area contributed by atoms with Gasteiger partial charge in [0.2, 0.25) is 0 Å². The predicted molar refractivity (Wildman–Crippen MR) is 87.8 cm³/mol. The van der Waals surface area contributed by atoms with Crippen LogP contribution in [0.15, 0.2) is 24.3 Å². The van der Waals surface area contributed by atoms with E-state index >= 15 is 0 Å². The zero-order valence-corrected chi connectivity index (χ0v) is 14.5. The molecule has 0 aliphatic heterocycles. The number of carbonyl (C=O) groups is 1. The SMILES string of the molecule is COCCNC(=O)C(C)(C)Oc1ccc([C@H]2CC2(Cl)Cl)cc1. The highest BCUT2D eigenvalue weighted by Crippen LogP contribution is 2.59. The molecule has 1 fully saturated rings. The molecule has 122 valence electrons. The molecule has 0 heterocycles. The lowest BCUT2D eigenvalue weighted by atomic mass is 10.1. The van der Waals surface area contributed by atoms with Crippen molar-refractivity contribution in [2.24, 2.45) is 0 Å². The lowest BCUT2D eigenvalue weighted by Gasteiger charge is -2.25. The quantitative estimate of drug-likeness (QED) is 0.609. The van der Waals surface area contributed by atoms with Gasteiger partial charge < -0.3 is 14.8 Å². The fourth-order valence-corrected chi connectivity index (χ4v) is 2.72. The number of rotatable bonds is 7. The van der Waals surface area contributed by atoms with E-state index in [1.807, 2.05) is 24.3 Å². The molecule has 4 nitrogen and oxygen atoms in total. The number of alkyl halides is 2. The van der Waals surface area contributed by atoms with Crippen LogP contribution in [0.2, 0.25) is 0 Å². The molecule has 22 heavy (non-hydrogen) atoms. The number of hydrogen-bond donors (Lipinski definition) is 1. The van der Waals surface area contributed by atoms with Crippen molar-refractivity contribution in [1.29, 1.82) is 0 Å². The van der Waals surface area contributed by atoms with Gasteiger partial charge >= 0.3 is 0 Å². The summed E-state index contributed by atoms with van der Waals surface area (Å²) in [7, 11) is 1.59. The highest BCUT2D eigenvalue weighted by atomic mass is 35.5. The van der Waals surface area contributed by atoms with E-state index in [-0.39, 0.29) is 11.8 Å². The molecule has 1 saturated carbocycles. The Morgan fingerprint density at radius 1 is 1.36 bits per heavy atom. The second kappa shape index (κ2) is 6.65. The minimum absolute atomic E-state index is 0.176. The summed E-state index contributed by atoms with van der Waals surface area (Å²) >= 11 is 12.1. The van der Waals surface area contributed by atoms with Gasteiger partial charge in [0.05, 0.1) is 6.61 Å². The molecule has 1 aromatic carbocycles. The van der Waals surface area contributed by atoms with Crippen molar-refractivity contribution in [2.75, 3.05) is 20.3 Å². The van der Waals surface area contributed by atoms with Crippen LogP contribution in [0.25, 0.3) is 0 Å². The van der Waals surface area contributed by atoms with Crippen molar-refractivity contribution in [3.63, 3.8) is 0 Å². The van der Waals surface area contributed by atoms with Gasteiger partial charge in [0.25, 0.3) is 5.91 Å². The van der Waals surface area contributed by atoms with Crippen LogP contribution in [0.4, 0.5) is 0 Å². The Bertz CT molecular complexity index is 529. The van der Waals surface area contributed by atoms with E-state index in [9.17, 15) is 4.79 Å². The largest absolute Gasteiger partial charge is 0.478 e. The van der Waals surface area contributed by atoms with E-state index in [0.29, 0.717) is 18.9 Å². The molecule has 1 amide bonds.